The first kappa shape index (κ1) is 25.1. The minimum atomic E-state index is -0.562. The molecule has 1 atom stereocenters. The van der Waals surface area contributed by atoms with Crippen molar-refractivity contribution in [2.75, 3.05) is 11.5 Å². The number of carbonyl (C=O) groups excluding carboxylic acids is 2. The van der Waals surface area contributed by atoms with Crippen molar-refractivity contribution in [1.29, 1.82) is 5.26 Å². The SMILES string of the molecule is CCOc1ccc(N2C(=O)C(Cc3ccc(CC)cc3)S/C2=C(/C#N)C(=O)NCc2ccco2)cc1. The van der Waals surface area contributed by atoms with Crippen molar-refractivity contribution in [3.05, 3.63) is 94.4 Å². The Balaban J connectivity index is 1.66. The van der Waals surface area contributed by atoms with Gasteiger partial charge in [0.05, 0.1) is 24.7 Å². The zero-order chi connectivity index (χ0) is 25.5. The Morgan fingerprint density at radius 3 is 2.44 bits per heavy atom. The molecule has 1 aliphatic heterocycles. The minimum Gasteiger partial charge on any atom is -0.494 e. The molecule has 0 aliphatic carbocycles. The van der Waals surface area contributed by atoms with E-state index in [1.54, 1.807) is 36.4 Å². The van der Waals surface area contributed by atoms with Crippen LogP contribution in [-0.2, 0) is 29.0 Å². The number of amides is 2. The van der Waals surface area contributed by atoms with E-state index in [0.717, 1.165) is 12.0 Å². The topological polar surface area (TPSA) is 95.6 Å². The van der Waals surface area contributed by atoms with Gasteiger partial charge in [-0.1, -0.05) is 43.0 Å². The number of nitrogens with one attached hydrogen (secondary N) is 1. The van der Waals surface area contributed by atoms with Gasteiger partial charge in [0.25, 0.3) is 5.91 Å². The smallest absolute Gasteiger partial charge is 0.265 e. The fourth-order valence-electron chi connectivity index (χ4n) is 3.87. The number of anilines is 1. The van der Waals surface area contributed by atoms with Crippen molar-refractivity contribution >= 4 is 29.3 Å². The van der Waals surface area contributed by atoms with Crippen LogP contribution >= 0.6 is 11.8 Å². The second-order valence-corrected chi connectivity index (χ2v) is 9.33. The van der Waals surface area contributed by atoms with Gasteiger partial charge in [-0.05, 0) is 67.3 Å². The predicted molar refractivity (Wildman–Crippen MR) is 139 cm³/mol. The molecule has 0 saturated carbocycles. The summed E-state index contributed by atoms with van der Waals surface area (Å²) in [5.41, 5.74) is 2.70. The molecule has 3 aromatic rings. The Kier molecular flexibility index (Phi) is 8.13. The summed E-state index contributed by atoms with van der Waals surface area (Å²) in [7, 11) is 0. The average molecular weight is 502 g/mol. The van der Waals surface area contributed by atoms with E-state index in [0.29, 0.717) is 35.3 Å². The van der Waals surface area contributed by atoms with Gasteiger partial charge >= 0.3 is 0 Å². The summed E-state index contributed by atoms with van der Waals surface area (Å²) in [6.07, 6.45) is 2.94. The summed E-state index contributed by atoms with van der Waals surface area (Å²) in [6, 6.07) is 20.7. The van der Waals surface area contributed by atoms with Crippen molar-refractivity contribution in [3.8, 4) is 11.8 Å². The molecule has 0 spiro atoms. The van der Waals surface area contributed by atoms with Crippen LogP contribution in [0.25, 0.3) is 0 Å². The number of hydrogen-bond acceptors (Lipinski definition) is 6. The minimum absolute atomic E-state index is 0.113. The van der Waals surface area contributed by atoms with Gasteiger partial charge in [0.2, 0.25) is 5.91 Å². The normalized spacial score (nSPS) is 16.5. The zero-order valence-electron chi connectivity index (χ0n) is 20.2. The number of thioether (sulfide) groups is 1. The first-order valence-corrected chi connectivity index (χ1v) is 12.7. The molecule has 2 amide bonds. The van der Waals surface area contributed by atoms with Crippen LogP contribution in [0.3, 0.4) is 0 Å². The molecule has 1 unspecified atom stereocenters. The maximum atomic E-state index is 13.6. The third-order valence-electron chi connectivity index (χ3n) is 5.77. The number of carbonyl (C=O) groups is 2. The van der Waals surface area contributed by atoms with Crippen molar-refractivity contribution < 1.29 is 18.7 Å². The molecular formula is C28H27N3O4S. The summed E-state index contributed by atoms with van der Waals surface area (Å²) < 4.78 is 10.8. The second kappa shape index (κ2) is 11.6. The third kappa shape index (κ3) is 5.64. The molecule has 7 nitrogen and oxygen atoms in total. The van der Waals surface area contributed by atoms with E-state index in [4.69, 9.17) is 9.15 Å². The molecule has 8 heteroatoms. The van der Waals surface area contributed by atoms with E-state index in [1.165, 1.54) is 28.5 Å². The molecule has 1 N–H and O–H groups in total. The fraction of sp³-hybridized carbons (Fsp3) is 0.250. The molecule has 1 aliphatic rings. The number of nitrogens with zero attached hydrogens (tertiary/aromatic N) is 2. The summed E-state index contributed by atoms with van der Waals surface area (Å²) in [6.45, 7) is 4.65. The Morgan fingerprint density at radius 1 is 1.11 bits per heavy atom. The van der Waals surface area contributed by atoms with Gasteiger partial charge < -0.3 is 14.5 Å². The van der Waals surface area contributed by atoms with E-state index in [9.17, 15) is 14.9 Å². The van der Waals surface area contributed by atoms with Crippen molar-refractivity contribution in [2.45, 2.75) is 38.5 Å². The Hall–Kier alpha value is -3.96. The van der Waals surface area contributed by atoms with Crippen LogP contribution in [0.5, 0.6) is 5.75 Å². The highest BCUT2D eigenvalue weighted by atomic mass is 32.2. The van der Waals surface area contributed by atoms with Crippen LogP contribution in [0, 0.1) is 11.3 Å². The quantitative estimate of drug-likeness (QED) is 0.328. The number of furan rings is 1. The maximum absolute atomic E-state index is 13.6. The summed E-state index contributed by atoms with van der Waals surface area (Å²) in [5.74, 6) is 0.506. The summed E-state index contributed by atoms with van der Waals surface area (Å²) in [5, 5.41) is 12.5. The van der Waals surface area contributed by atoms with Gasteiger partial charge in [-0.25, -0.2) is 0 Å². The van der Waals surface area contributed by atoms with Gasteiger partial charge in [-0.15, -0.1) is 0 Å². The van der Waals surface area contributed by atoms with Crippen LogP contribution < -0.4 is 15.0 Å². The lowest BCUT2D eigenvalue weighted by Crippen LogP contribution is -2.32. The van der Waals surface area contributed by atoms with E-state index >= 15 is 0 Å². The molecule has 2 heterocycles. The molecule has 0 radical (unpaired) electrons. The predicted octanol–water partition coefficient (Wildman–Crippen LogP) is 4.98. The molecule has 1 aromatic heterocycles. The monoisotopic (exact) mass is 501 g/mol. The Morgan fingerprint density at radius 2 is 1.83 bits per heavy atom. The molecule has 36 heavy (non-hydrogen) atoms. The van der Waals surface area contributed by atoms with E-state index in [1.807, 2.05) is 25.1 Å². The summed E-state index contributed by atoms with van der Waals surface area (Å²) >= 11 is 1.24. The molecular weight excluding hydrogens is 474 g/mol. The fourth-order valence-corrected chi connectivity index (χ4v) is 5.18. The summed E-state index contributed by atoms with van der Waals surface area (Å²) in [4.78, 5) is 28.1. The van der Waals surface area contributed by atoms with Gasteiger partial charge in [0.15, 0.2) is 0 Å². The first-order chi connectivity index (χ1) is 17.5. The molecule has 2 aromatic carbocycles. The van der Waals surface area contributed by atoms with Gasteiger partial charge in [-0.3, -0.25) is 14.5 Å². The first-order valence-electron chi connectivity index (χ1n) is 11.8. The Bertz CT molecular complexity index is 1280. The molecule has 4 rings (SSSR count). The lowest BCUT2D eigenvalue weighted by atomic mass is 10.1. The highest BCUT2D eigenvalue weighted by Crippen LogP contribution is 2.42. The van der Waals surface area contributed by atoms with Crippen molar-refractivity contribution in [3.63, 3.8) is 0 Å². The van der Waals surface area contributed by atoms with E-state index in [2.05, 4.69) is 24.4 Å². The lowest BCUT2D eigenvalue weighted by Gasteiger charge is -2.19. The third-order valence-corrected chi connectivity index (χ3v) is 7.03. The van der Waals surface area contributed by atoms with Crippen LogP contribution in [0.2, 0.25) is 0 Å². The molecule has 1 fully saturated rings. The molecule has 184 valence electrons. The second-order valence-electron chi connectivity index (χ2n) is 8.14. The zero-order valence-corrected chi connectivity index (χ0v) is 21.0. The number of ether oxygens (including phenoxy) is 1. The number of benzene rings is 2. The number of nitriles is 1. The molecule has 1 saturated heterocycles. The van der Waals surface area contributed by atoms with Crippen molar-refractivity contribution in [1.82, 2.24) is 5.32 Å². The Labute approximate surface area is 214 Å². The van der Waals surface area contributed by atoms with E-state index < -0.39 is 11.2 Å². The number of rotatable bonds is 9. The standard InChI is InChI=1S/C28H27N3O4S/c1-3-19-7-9-20(10-8-19)16-25-27(33)31(21-11-13-22(14-12-21)34-4-2)28(36-25)24(17-29)26(32)30-18-23-6-5-15-35-23/h5-15,25H,3-4,16,18H2,1-2H3,(H,30,32)/b28-24-. The lowest BCUT2D eigenvalue weighted by molar-refractivity contribution is -0.117. The van der Waals surface area contributed by atoms with Gasteiger partial charge in [0.1, 0.15) is 28.2 Å². The number of aryl methyl sites for hydroxylation is 1. The van der Waals surface area contributed by atoms with Crippen LogP contribution in [-0.4, -0.2) is 23.7 Å². The van der Waals surface area contributed by atoms with Crippen LogP contribution in [0.15, 0.2) is 81.9 Å². The van der Waals surface area contributed by atoms with Crippen LogP contribution in [0.4, 0.5) is 5.69 Å². The van der Waals surface area contributed by atoms with Gasteiger partial charge in [0, 0.05) is 5.69 Å². The highest BCUT2D eigenvalue weighted by Gasteiger charge is 2.40. The van der Waals surface area contributed by atoms with Gasteiger partial charge in [-0.2, -0.15) is 5.26 Å². The average Bonchev–Trinajstić information content (AvgIpc) is 3.53. The maximum Gasteiger partial charge on any atom is 0.265 e. The van der Waals surface area contributed by atoms with E-state index in [-0.39, 0.29) is 18.0 Å². The van der Waals surface area contributed by atoms with Crippen LogP contribution in [0.1, 0.15) is 30.7 Å². The highest BCUT2D eigenvalue weighted by molar-refractivity contribution is 8.05. The number of hydrogen-bond donors (Lipinski definition) is 1. The largest absolute Gasteiger partial charge is 0.494 e. The van der Waals surface area contributed by atoms with Crippen molar-refractivity contribution in [2.24, 2.45) is 0 Å². The molecule has 0 bridgehead atoms.